The number of aromatic nitrogens is 1. The van der Waals surface area contributed by atoms with Gasteiger partial charge in [-0.05, 0) is 38.1 Å². The van der Waals surface area contributed by atoms with E-state index in [4.69, 9.17) is 4.74 Å². The Balaban J connectivity index is 1.54. The molecule has 8 heteroatoms. The van der Waals surface area contributed by atoms with Crippen molar-refractivity contribution in [3.05, 3.63) is 53.7 Å². The molecule has 1 N–H and O–H groups in total. The highest BCUT2D eigenvalue weighted by atomic mass is 16.5. The predicted molar refractivity (Wildman–Crippen MR) is 109 cm³/mol. The number of piperazine rings is 1. The first-order chi connectivity index (χ1) is 14.0. The second-order valence-electron chi connectivity index (χ2n) is 6.67. The van der Waals surface area contributed by atoms with E-state index >= 15 is 0 Å². The van der Waals surface area contributed by atoms with Crippen LogP contribution in [0.4, 0.5) is 16.3 Å². The Morgan fingerprint density at radius 3 is 2.45 bits per heavy atom. The van der Waals surface area contributed by atoms with Crippen molar-refractivity contribution < 1.29 is 19.1 Å². The lowest BCUT2D eigenvalue weighted by molar-refractivity contribution is 0.0525. The Kier molecular flexibility index (Phi) is 6.43. The minimum Gasteiger partial charge on any atom is -0.462 e. The number of anilines is 2. The van der Waals surface area contributed by atoms with E-state index in [1.165, 1.54) is 13.1 Å². The lowest BCUT2D eigenvalue weighted by Crippen LogP contribution is -2.50. The van der Waals surface area contributed by atoms with Crippen LogP contribution in [0, 0.1) is 0 Å². The number of urea groups is 1. The van der Waals surface area contributed by atoms with Gasteiger partial charge >= 0.3 is 12.0 Å². The molecule has 152 valence electrons. The van der Waals surface area contributed by atoms with Crippen molar-refractivity contribution in [2.75, 3.05) is 43.0 Å². The number of rotatable bonds is 5. The first-order valence-corrected chi connectivity index (χ1v) is 9.53. The molecule has 29 heavy (non-hydrogen) atoms. The van der Waals surface area contributed by atoms with E-state index in [0.717, 1.165) is 5.82 Å². The Bertz CT molecular complexity index is 890. The second kappa shape index (κ2) is 9.18. The lowest BCUT2D eigenvalue weighted by atomic mass is 10.1. The van der Waals surface area contributed by atoms with Gasteiger partial charge in [0, 0.05) is 43.6 Å². The highest BCUT2D eigenvalue weighted by molar-refractivity contribution is 5.96. The Morgan fingerprint density at radius 1 is 1.07 bits per heavy atom. The first kappa shape index (κ1) is 20.3. The van der Waals surface area contributed by atoms with E-state index in [1.807, 2.05) is 0 Å². The van der Waals surface area contributed by atoms with Crippen molar-refractivity contribution in [3.63, 3.8) is 0 Å². The number of hydrogen-bond acceptors (Lipinski definition) is 6. The zero-order valence-corrected chi connectivity index (χ0v) is 16.6. The molecule has 1 aliphatic heterocycles. The summed E-state index contributed by atoms with van der Waals surface area (Å²) in [4.78, 5) is 43.9. The van der Waals surface area contributed by atoms with Crippen LogP contribution in [0.5, 0.6) is 0 Å². The van der Waals surface area contributed by atoms with Crippen molar-refractivity contribution in [2.24, 2.45) is 0 Å². The standard InChI is InChI=1S/C21H24N4O4/c1-3-29-20(27)17-7-8-19(22-14-17)24-9-11-25(12-10-24)21(28)23-18-6-4-5-16(13-18)15(2)26/h4-8,13-14H,3,9-12H2,1-2H3,(H,23,28). The van der Waals surface area contributed by atoms with Crippen LogP contribution in [0.1, 0.15) is 34.6 Å². The molecule has 3 rings (SSSR count). The average Bonchev–Trinajstić information content (AvgIpc) is 2.74. The number of hydrogen-bond donors (Lipinski definition) is 1. The van der Waals surface area contributed by atoms with E-state index in [2.05, 4.69) is 15.2 Å². The number of carbonyl (C=O) groups excluding carboxylic acids is 3. The van der Waals surface area contributed by atoms with Crippen molar-refractivity contribution in [1.29, 1.82) is 0 Å². The van der Waals surface area contributed by atoms with Gasteiger partial charge in [-0.2, -0.15) is 0 Å². The maximum Gasteiger partial charge on any atom is 0.339 e. The summed E-state index contributed by atoms with van der Waals surface area (Å²) in [6.45, 7) is 5.92. The van der Waals surface area contributed by atoms with Gasteiger partial charge in [0.2, 0.25) is 0 Å². The van der Waals surface area contributed by atoms with Crippen molar-refractivity contribution in [2.45, 2.75) is 13.8 Å². The van der Waals surface area contributed by atoms with Crippen LogP contribution in [0.3, 0.4) is 0 Å². The molecule has 2 aromatic rings. The van der Waals surface area contributed by atoms with Crippen LogP contribution in [0.25, 0.3) is 0 Å². The van der Waals surface area contributed by atoms with Crippen molar-refractivity contribution in [1.82, 2.24) is 9.88 Å². The monoisotopic (exact) mass is 396 g/mol. The van der Waals surface area contributed by atoms with E-state index in [9.17, 15) is 14.4 Å². The molecule has 1 aromatic carbocycles. The molecular weight excluding hydrogens is 372 g/mol. The lowest BCUT2D eigenvalue weighted by Gasteiger charge is -2.35. The highest BCUT2D eigenvalue weighted by Crippen LogP contribution is 2.16. The number of nitrogens with one attached hydrogen (secondary N) is 1. The van der Waals surface area contributed by atoms with Crippen LogP contribution in [0.15, 0.2) is 42.6 Å². The van der Waals surface area contributed by atoms with E-state index in [-0.39, 0.29) is 17.8 Å². The molecule has 0 aliphatic carbocycles. The Morgan fingerprint density at radius 2 is 1.83 bits per heavy atom. The molecule has 0 radical (unpaired) electrons. The normalized spacial score (nSPS) is 13.7. The number of amides is 2. The highest BCUT2D eigenvalue weighted by Gasteiger charge is 2.22. The van der Waals surface area contributed by atoms with Crippen LogP contribution in [0.2, 0.25) is 0 Å². The van der Waals surface area contributed by atoms with Crippen LogP contribution < -0.4 is 10.2 Å². The largest absolute Gasteiger partial charge is 0.462 e. The third kappa shape index (κ3) is 5.10. The molecule has 1 aliphatic rings. The maximum atomic E-state index is 12.5. The number of ketones is 1. The van der Waals surface area contributed by atoms with Gasteiger partial charge in [-0.1, -0.05) is 12.1 Å². The number of esters is 1. The predicted octanol–water partition coefficient (Wildman–Crippen LogP) is 2.82. The van der Waals surface area contributed by atoms with E-state index in [0.29, 0.717) is 49.6 Å². The van der Waals surface area contributed by atoms with Crippen LogP contribution >= 0.6 is 0 Å². The fourth-order valence-electron chi connectivity index (χ4n) is 3.07. The SMILES string of the molecule is CCOC(=O)c1ccc(N2CCN(C(=O)Nc3cccc(C(C)=O)c3)CC2)nc1. The summed E-state index contributed by atoms with van der Waals surface area (Å²) in [6.07, 6.45) is 1.51. The summed E-state index contributed by atoms with van der Waals surface area (Å²) in [5.74, 6) is 0.324. The molecule has 0 atom stereocenters. The molecular formula is C21H24N4O4. The number of benzene rings is 1. The first-order valence-electron chi connectivity index (χ1n) is 9.53. The molecule has 1 saturated heterocycles. The molecule has 0 spiro atoms. The fraction of sp³-hybridized carbons (Fsp3) is 0.333. The smallest absolute Gasteiger partial charge is 0.339 e. The van der Waals surface area contributed by atoms with Gasteiger partial charge in [0.1, 0.15) is 5.82 Å². The van der Waals surface area contributed by atoms with Gasteiger partial charge in [0.15, 0.2) is 5.78 Å². The van der Waals surface area contributed by atoms with Crippen LogP contribution in [-0.4, -0.2) is 60.5 Å². The van der Waals surface area contributed by atoms with Gasteiger partial charge in [-0.25, -0.2) is 14.6 Å². The average molecular weight is 396 g/mol. The Hall–Kier alpha value is -3.42. The number of carbonyl (C=O) groups is 3. The summed E-state index contributed by atoms with van der Waals surface area (Å²) in [7, 11) is 0. The third-order valence-corrected chi connectivity index (χ3v) is 4.67. The van der Waals surface area contributed by atoms with Crippen molar-refractivity contribution >= 4 is 29.3 Å². The van der Waals surface area contributed by atoms with Gasteiger partial charge in [0.05, 0.1) is 12.2 Å². The van der Waals surface area contributed by atoms with E-state index in [1.54, 1.807) is 48.2 Å². The Labute approximate surface area is 169 Å². The van der Waals surface area contributed by atoms with Gasteiger partial charge < -0.3 is 19.9 Å². The molecule has 1 fully saturated rings. The summed E-state index contributed by atoms with van der Waals surface area (Å²) < 4.78 is 4.96. The third-order valence-electron chi connectivity index (χ3n) is 4.67. The maximum absolute atomic E-state index is 12.5. The summed E-state index contributed by atoms with van der Waals surface area (Å²) in [5, 5.41) is 2.84. The van der Waals surface area contributed by atoms with E-state index < -0.39 is 0 Å². The molecule has 2 heterocycles. The van der Waals surface area contributed by atoms with Gasteiger partial charge in [-0.15, -0.1) is 0 Å². The topological polar surface area (TPSA) is 91.8 Å². The summed E-state index contributed by atoms with van der Waals surface area (Å²) >= 11 is 0. The molecule has 0 saturated carbocycles. The molecule has 0 unspecified atom stereocenters. The molecule has 1 aromatic heterocycles. The molecule has 0 bridgehead atoms. The zero-order valence-electron chi connectivity index (χ0n) is 16.6. The number of ether oxygens (including phenoxy) is 1. The second-order valence-corrected chi connectivity index (χ2v) is 6.67. The minimum absolute atomic E-state index is 0.0452. The minimum atomic E-state index is -0.387. The quantitative estimate of drug-likeness (QED) is 0.617. The number of Topliss-reactive ketones (excluding diaryl/α,β-unsaturated/α-hetero) is 1. The number of nitrogens with zero attached hydrogens (tertiary/aromatic N) is 3. The van der Waals surface area contributed by atoms with Crippen molar-refractivity contribution in [3.8, 4) is 0 Å². The summed E-state index contributed by atoms with van der Waals surface area (Å²) in [5.41, 5.74) is 1.58. The molecule has 8 nitrogen and oxygen atoms in total. The van der Waals surface area contributed by atoms with Gasteiger partial charge in [-0.3, -0.25) is 4.79 Å². The zero-order chi connectivity index (χ0) is 20.8. The molecule has 2 amide bonds. The summed E-state index contributed by atoms with van der Waals surface area (Å²) in [6, 6.07) is 10.2. The fourth-order valence-corrected chi connectivity index (χ4v) is 3.07. The van der Waals surface area contributed by atoms with Gasteiger partial charge in [0.25, 0.3) is 0 Å². The number of pyridine rings is 1. The van der Waals surface area contributed by atoms with Crippen LogP contribution in [-0.2, 0) is 4.74 Å².